The number of carbonyl (C=O) groups excluding carboxylic acids is 1. The smallest absolute Gasteiger partial charge is 0.410 e. The first-order valence-electron chi connectivity index (χ1n) is 8.56. The van der Waals surface area contributed by atoms with Crippen LogP contribution in [0.3, 0.4) is 0 Å². The van der Waals surface area contributed by atoms with Gasteiger partial charge in [-0.05, 0) is 66.8 Å². The molecule has 2 N–H and O–H groups in total. The normalized spacial score (nSPS) is 15.4. The molecule has 0 aliphatic heterocycles. The van der Waals surface area contributed by atoms with Crippen molar-refractivity contribution in [3.63, 3.8) is 0 Å². The third kappa shape index (κ3) is 7.53. The maximum atomic E-state index is 12.4. The van der Waals surface area contributed by atoms with Gasteiger partial charge in [-0.25, -0.2) is 4.79 Å². The van der Waals surface area contributed by atoms with Crippen molar-refractivity contribution in [1.29, 1.82) is 0 Å². The van der Waals surface area contributed by atoms with Crippen LogP contribution in [0.25, 0.3) is 0 Å². The lowest BCUT2D eigenvalue weighted by molar-refractivity contribution is -0.0500. The van der Waals surface area contributed by atoms with Gasteiger partial charge in [0.25, 0.3) is 0 Å². The number of nitrogens with two attached hydrogens (primary N) is 1. The first kappa shape index (κ1) is 22.2. The van der Waals surface area contributed by atoms with Crippen molar-refractivity contribution >= 4 is 6.09 Å². The summed E-state index contributed by atoms with van der Waals surface area (Å²) < 4.78 is 11.5. The zero-order valence-corrected chi connectivity index (χ0v) is 16.7. The number of nitrogens with zero attached hydrogens (tertiary/aromatic N) is 1. The predicted octanol–water partition coefficient (Wildman–Crippen LogP) is 3.80. The van der Waals surface area contributed by atoms with Crippen LogP contribution in [0.2, 0.25) is 0 Å². The number of ether oxygens (including phenoxy) is 2. The van der Waals surface area contributed by atoms with E-state index in [0.29, 0.717) is 13.2 Å². The highest BCUT2D eigenvalue weighted by Gasteiger charge is 2.38. The van der Waals surface area contributed by atoms with E-state index in [1.54, 1.807) is 11.9 Å². The number of amides is 1. The molecular weight excluding hydrogens is 292 g/mol. The SMILES string of the molecule is CC(C)C(C)(CCOC(C)(C)CCN)N(C)C(=O)OC(C)(C)C. The molecule has 0 radical (unpaired) electrons. The molecule has 0 saturated carbocycles. The first-order valence-corrected chi connectivity index (χ1v) is 8.56. The number of hydrogen-bond acceptors (Lipinski definition) is 4. The largest absolute Gasteiger partial charge is 0.444 e. The van der Waals surface area contributed by atoms with E-state index in [-0.39, 0.29) is 23.2 Å². The van der Waals surface area contributed by atoms with Crippen LogP contribution in [0.1, 0.15) is 68.2 Å². The van der Waals surface area contributed by atoms with Gasteiger partial charge in [0.05, 0.1) is 5.60 Å². The van der Waals surface area contributed by atoms with Gasteiger partial charge in [0, 0.05) is 19.2 Å². The van der Waals surface area contributed by atoms with E-state index in [1.807, 2.05) is 34.6 Å². The van der Waals surface area contributed by atoms with E-state index in [2.05, 4.69) is 20.8 Å². The molecule has 1 atom stereocenters. The Labute approximate surface area is 142 Å². The molecule has 138 valence electrons. The predicted molar refractivity (Wildman–Crippen MR) is 95.6 cm³/mol. The fraction of sp³-hybridized carbons (Fsp3) is 0.944. The van der Waals surface area contributed by atoms with Crippen LogP contribution in [0.15, 0.2) is 0 Å². The lowest BCUT2D eigenvalue weighted by atomic mass is 9.84. The van der Waals surface area contributed by atoms with Gasteiger partial charge in [-0.3, -0.25) is 0 Å². The quantitative estimate of drug-likeness (QED) is 0.735. The molecule has 0 heterocycles. The van der Waals surface area contributed by atoms with Crippen LogP contribution in [-0.2, 0) is 9.47 Å². The molecule has 1 amide bonds. The molecular formula is C18H38N2O3. The Morgan fingerprint density at radius 1 is 1.09 bits per heavy atom. The Balaban J connectivity index is 4.89. The summed E-state index contributed by atoms with van der Waals surface area (Å²) in [5.41, 5.74) is 4.55. The fourth-order valence-electron chi connectivity index (χ4n) is 2.34. The highest BCUT2D eigenvalue weighted by Crippen LogP contribution is 2.30. The second kappa shape index (κ2) is 8.34. The van der Waals surface area contributed by atoms with Crippen LogP contribution in [0.4, 0.5) is 4.79 Å². The van der Waals surface area contributed by atoms with Crippen molar-refractivity contribution in [3.05, 3.63) is 0 Å². The van der Waals surface area contributed by atoms with Gasteiger partial charge in [0.2, 0.25) is 0 Å². The Hall–Kier alpha value is -0.810. The van der Waals surface area contributed by atoms with Crippen LogP contribution in [0.5, 0.6) is 0 Å². The highest BCUT2D eigenvalue weighted by molar-refractivity contribution is 5.68. The molecule has 0 spiro atoms. The molecule has 23 heavy (non-hydrogen) atoms. The zero-order chi connectivity index (χ0) is 18.5. The summed E-state index contributed by atoms with van der Waals surface area (Å²) in [6.07, 6.45) is 1.26. The van der Waals surface area contributed by atoms with E-state index in [4.69, 9.17) is 15.2 Å². The summed E-state index contributed by atoms with van der Waals surface area (Å²) in [4.78, 5) is 14.1. The zero-order valence-electron chi connectivity index (χ0n) is 16.7. The maximum absolute atomic E-state index is 12.4. The van der Waals surface area contributed by atoms with Gasteiger partial charge < -0.3 is 20.1 Å². The summed E-state index contributed by atoms with van der Waals surface area (Å²) in [5.74, 6) is 0.279. The molecule has 0 aromatic carbocycles. The molecule has 5 heteroatoms. The third-order valence-electron chi connectivity index (χ3n) is 4.52. The standard InChI is InChI=1S/C18H38N2O3/c1-14(2)18(8,11-13-22-17(6,7)10-12-19)20(9)15(21)23-16(3,4)5/h14H,10-13,19H2,1-9H3. The molecule has 0 saturated heterocycles. The van der Waals surface area contributed by atoms with Crippen LogP contribution in [-0.4, -0.2) is 47.9 Å². The van der Waals surface area contributed by atoms with Crippen molar-refractivity contribution in [1.82, 2.24) is 4.90 Å². The molecule has 0 aromatic heterocycles. The Bertz CT molecular complexity index is 375. The second-order valence-electron chi connectivity index (χ2n) is 8.45. The molecule has 0 aromatic rings. The minimum absolute atomic E-state index is 0.239. The van der Waals surface area contributed by atoms with Crippen molar-refractivity contribution in [2.75, 3.05) is 20.2 Å². The summed E-state index contributed by atoms with van der Waals surface area (Å²) in [5, 5.41) is 0. The summed E-state index contributed by atoms with van der Waals surface area (Å²) in [6.45, 7) is 17.2. The van der Waals surface area contributed by atoms with Crippen molar-refractivity contribution in [3.8, 4) is 0 Å². The van der Waals surface area contributed by atoms with E-state index in [0.717, 1.165) is 12.8 Å². The van der Waals surface area contributed by atoms with E-state index < -0.39 is 5.60 Å². The molecule has 0 aliphatic carbocycles. The molecule has 0 bridgehead atoms. The van der Waals surface area contributed by atoms with Crippen LogP contribution in [0, 0.1) is 5.92 Å². The minimum Gasteiger partial charge on any atom is -0.444 e. The monoisotopic (exact) mass is 330 g/mol. The van der Waals surface area contributed by atoms with Crippen LogP contribution < -0.4 is 5.73 Å². The third-order valence-corrected chi connectivity index (χ3v) is 4.52. The molecule has 5 nitrogen and oxygen atoms in total. The van der Waals surface area contributed by atoms with Crippen molar-refractivity contribution in [2.24, 2.45) is 11.7 Å². The topological polar surface area (TPSA) is 64.8 Å². The molecule has 0 aliphatic rings. The summed E-state index contributed by atoms with van der Waals surface area (Å²) in [7, 11) is 1.80. The number of carbonyl (C=O) groups is 1. The van der Waals surface area contributed by atoms with E-state index in [9.17, 15) is 4.79 Å². The second-order valence-corrected chi connectivity index (χ2v) is 8.45. The Morgan fingerprint density at radius 2 is 1.61 bits per heavy atom. The molecule has 1 unspecified atom stereocenters. The molecule has 0 fully saturated rings. The minimum atomic E-state index is -0.497. The van der Waals surface area contributed by atoms with Gasteiger partial charge in [-0.2, -0.15) is 0 Å². The van der Waals surface area contributed by atoms with Gasteiger partial charge in [-0.1, -0.05) is 13.8 Å². The maximum Gasteiger partial charge on any atom is 0.410 e. The van der Waals surface area contributed by atoms with Gasteiger partial charge in [-0.15, -0.1) is 0 Å². The molecule has 0 rings (SSSR count). The van der Waals surface area contributed by atoms with Gasteiger partial charge in [0.1, 0.15) is 5.60 Å². The Kier molecular flexibility index (Phi) is 8.04. The number of hydrogen-bond donors (Lipinski definition) is 1. The summed E-state index contributed by atoms with van der Waals surface area (Å²) >= 11 is 0. The lowest BCUT2D eigenvalue weighted by Crippen LogP contribution is -2.53. The van der Waals surface area contributed by atoms with Gasteiger partial charge >= 0.3 is 6.09 Å². The highest BCUT2D eigenvalue weighted by atomic mass is 16.6. The van der Waals surface area contributed by atoms with E-state index >= 15 is 0 Å². The van der Waals surface area contributed by atoms with Crippen molar-refractivity contribution in [2.45, 2.75) is 85.0 Å². The first-order chi connectivity index (χ1) is 10.2. The lowest BCUT2D eigenvalue weighted by Gasteiger charge is -2.43. The average Bonchev–Trinajstić information content (AvgIpc) is 2.34. The number of rotatable bonds is 8. The summed E-state index contributed by atoms with van der Waals surface area (Å²) in [6, 6.07) is 0. The fourth-order valence-corrected chi connectivity index (χ4v) is 2.34. The van der Waals surface area contributed by atoms with Gasteiger partial charge in [0.15, 0.2) is 0 Å². The average molecular weight is 331 g/mol. The van der Waals surface area contributed by atoms with Crippen LogP contribution >= 0.6 is 0 Å². The van der Waals surface area contributed by atoms with E-state index in [1.165, 1.54) is 0 Å². The Morgan fingerprint density at radius 3 is 2.00 bits per heavy atom. The van der Waals surface area contributed by atoms with Crippen molar-refractivity contribution < 1.29 is 14.3 Å².